The Balaban J connectivity index is 0.00000162. The molecule has 0 spiro atoms. The fourth-order valence-corrected chi connectivity index (χ4v) is 2.38. The number of nitrogens with zero attached hydrogens (tertiary/aromatic N) is 1. The Labute approximate surface area is 116 Å². The van der Waals surface area contributed by atoms with Gasteiger partial charge in [0.1, 0.15) is 0 Å². The van der Waals surface area contributed by atoms with Crippen molar-refractivity contribution >= 4 is 18.2 Å². The second-order valence-electron chi connectivity index (χ2n) is 5.17. The van der Waals surface area contributed by atoms with E-state index in [4.69, 9.17) is 0 Å². The Hall–Kier alpha value is -0.860. The predicted octanol–water partition coefficient (Wildman–Crippen LogP) is 3.12. The second kappa shape index (κ2) is 6.91. The van der Waals surface area contributed by atoms with Gasteiger partial charge in [-0.2, -0.15) is 0 Å². The first kappa shape index (κ1) is 15.2. The van der Waals surface area contributed by atoms with Crippen molar-refractivity contribution in [3.05, 3.63) is 34.9 Å². The highest BCUT2D eigenvalue weighted by Gasteiger charge is 2.12. The summed E-state index contributed by atoms with van der Waals surface area (Å²) < 4.78 is 0. The van der Waals surface area contributed by atoms with Crippen LogP contribution >= 0.6 is 12.4 Å². The van der Waals surface area contributed by atoms with Crippen LogP contribution in [-0.4, -0.2) is 31.3 Å². The first-order chi connectivity index (χ1) is 8.16. The van der Waals surface area contributed by atoms with Gasteiger partial charge in [0.05, 0.1) is 0 Å². The van der Waals surface area contributed by atoms with Crippen molar-refractivity contribution in [2.24, 2.45) is 0 Å². The molecule has 0 saturated carbocycles. The number of fused-ring (bicyclic) bond motifs is 1. The molecule has 0 heterocycles. The van der Waals surface area contributed by atoms with Crippen molar-refractivity contribution in [2.45, 2.75) is 32.1 Å². The summed E-state index contributed by atoms with van der Waals surface area (Å²) in [4.78, 5) is 14.1. The standard InChI is InChI=1S/C15H21NO.ClH/c1-16(2)10-9-15(17)14-8-7-12-5-3-4-6-13(12)11-14;/h7-8,11H,3-6,9-10H2,1-2H3;1H. The highest BCUT2D eigenvalue weighted by Crippen LogP contribution is 2.22. The minimum absolute atomic E-state index is 0. The van der Waals surface area contributed by atoms with Crippen molar-refractivity contribution in [1.29, 1.82) is 0 Å². The number of Topliss-reactive ketones (excluding diaryl/α,β-unsaturated/α-hetero) is 1. The van der Waals surface area contributed by atoms with Gasteiger partial charge >= 0.3 is 0 Å². The lowest BCUT2D eigenvalue weighted by Gasteiger charge is -2.16. The van der Waals surface area contributed by atoms with E-state index in [1.807, 2.05) is 20.2 Å². The SMILES string of the molecule is CN(C)CCC(=O)c1ccc2c(c1)CCCC2.Cl. The molecule has 1 aliphatic carbocycles. The van der Waals surface area contributed by atoms with Gasteiger partial charge in [0.15, 0.2) is 5.78 Å². The van der Waals surface area contributed by atoms with Crippen LogP contribution in [0, 0.1) is 0 Å². The van der Waals surface area contributed by atoms with E-state index in [1.54, 1.807) is 0 Å². The Morgan fingerprint density at radius 3 is 2.50 bits per heavy atom. The largest absolute Gasteiger partial charge is 0.309 e. The molecule has 0 amide bonds. The Morgan fingerprint density at radius 1 is 1.17 bits per heavy atom. The maximum absolute atomic E-state index is 12.0. The summed E-state index contributed by atoms with van der Waals surface area (Å²) in [5.74, 6) is 0.270. The Kier molecular flexibility index (Phi) is 5.83. The molecule has 1 aliphatic rings. The molecular formula is C15H22ClNO. The van der Waals surface area contributed by atoms with E-state index < -0.39 is 0 Å². The molecule has 18 heavy (non-hydrogen) atoms. The fourth-order valence-electron chi connectivity index (χ4n) is 2.38. The Morgan fingerprint density at radius 2 is 1.83 bits per heavy atom. The number of carbonyl (C=O) groups is 1. The number of aryl methyl sites for hydroxylation is 2. The number of hydrogen-bond donors (Lipinski definition) is 0. The number of rotatable bonds is 4. The summed E-state index contributed by atoms with van der Waals surface area (Å²) in [5.41, 5.74) is 3.74. The molecule has 0 bridgehead atoms. The molecular weight excluding hydrogens is 246 g/mol. The molecule has 1 aromatic rings. The van der Waals surface area contributed by atoms with Gasteiger partial charge in [-0.3, -0.25) is 4.79 Å². The summed E-state index contributed by atoms with van der Waals surface area (Å²) >= 11 is 0. The van der Waals surface area contributed by atoms with Crippen LogP contribution in [0.1, 0.15) is 40.7 Å². The van der Waals surface area contributed by atoms with Gasteiger partial charge < -0.3 is 4.90 Å². The lowest BCUT2D eigenvalue weighted by Crippen LogP contribution is -2.17. The van der Waals surface area contributed by atoms with Crippen molar-refractivity contribution in [3.63, 3.8) is 0 Å². The number of carbonyl (C=O) groups excluding carboxylic acids is 1. The van der Waals surface area contributed by atoms with Crippen LogP contribution in [0.15, 0.2) is 18.2 Å². The summed E-state index contributed by atoms with van der Waals surface area (Å²) in [6.07, 6.45) is 5.50. The van der Waals surface area contributed by atoms with Gasteiger partial charge in [-0.05, 0) is 57.0 Å². The maximum Gasteiger partial charge on any atom is 0.164 e. The van der Waals surface area contributed by atoms with Crippen LogP contribution in [0.4, 0.5) is 0 Å². The molecule has 0 aromatic heterocycles. The first-order valence-corrected chi connectivity index (χ1v) is 6.46. The minimum Gasteiger partial charge on any atom is -0.309 e. The van der Waals surface area contributed by atoms with Gasteiger partial charge in [0, 0.05) is 18.5 Å². The maximum atomic E-state index is 12.0. The molecule has 0 radical (unpaired) electrons. The molecule has 0 saturated heterocycles. The van der Waals surface area contributed by atoms with Crippen LogP contribution in [0.3, 0.4) is 0 Å². The van der Waals surface area contributed by atoms with Gasteiger partial charge in [-0.15, -0.1) is 12.4 Å². The smallest absolute Gasteiger partial charge is 0.164 e. The lowest BCUT2D eigenvalue weighted by molar-refractivity contribution is 0.0972. The lowest BCUT2D eigenvalue weighted by atomic mass is 9.89. The number of ketones is 1. The molecule has 2 rings (SSSR count). The zero-order valence-electron chi connectivity index (χ0n) is 11.2. The monoisotopic (exact) mass is 267 g/mol. The molecule has 2 nitrogen and oxygen atoms in total. The van der Waals surface area contributed by atoms with Gasteiger partial charge in [-0.1, -0.05) is 12.1 Å². The number of hydrogen-bond acceptors (Lipinski definition) is 2. The molecule has 3 heteroatoms. The summed E-state index contributed by atoms with van der Waals surface area (Å²) in [6.45, 7) is 0.829. The van der Waals surface area contributed by atoms with Crippen LogP contribution in [-0.2, 0) is 12.8 Å². The van der Waals surface area contributed by atoms with E-state index in [0.29, 0.717) is 6.42 Å². The number of benzene rings is 1. The molecule has 1 aromatic carbocycles. The Bertz CT molecular complexity index is 415. The van der Waals surface area contributed by atoms with E-state index in [0.717, 1.165) is 18.5 Å². The van der Waals surface area contributed by atoms with Crippen molar-refractivity contribution in [2.75, 3.05) is 20.6 Å². The zero-order chi connectivity index (χ0) is 12.3. The van der Waals surface area contributed by atoms with E-state index in [2.05, 4.69) is 17.0 Å². The third-order valence-corrected chi connectivity index (χ3v) is 3.46. The van der Waals surface area contributed by atoms with E-state index >= 15 is 0 Å². The highest BCUT2D eigenvalue weighted by atomic mass is 35.5. The third kappa shape index (κ3) is 3.82. The third-order valence-electron chi connectivity index (χ3n) is 3.46. The van der Waals surface area contributed by atoms with E-state index in [9.17, 15) is 4.79 Å². The predicted molar refractivity (Wildman–Crippen MR) is 77.8 cm³/mol. The second-order valence-corrected chi connectivity index (χ2v) is 5.17. The minimum atomic E-state index is 0. The van der Waals surface area contributed by atoms with Gasteiger partial charge in [-0.25, -0.2) is 0 Å². The summed E-state index contributed by atoms with van der Waals surface area (Å²) in [6, 6.07) is 6.27. The molecule has 0 fully saturated rings. The molecule has 0 atom stereocenters. The molecule has 100 valence electrons. The average molecular weight is 268 g/mol. The average Bonchev–Trinajstić information content (AvgIpc) is 2.35. The normalized spacial score (nSPS) is 13.9. The van der Waals surface area contributed by atoms with Crippen molar-refractivity contribution in [1.82, 2.24) is 4.90 Å². The van der Waals surface area contributed by atoms with Crippen LogP contribution in [0.25, 0.3) is 0 Å². The molecule has 0 N–H and O–H groups in total. The molecule has 0 unspecified atom stereocenters. The first-order valence-electron chi connectivity index (χ1n) is 6.46. The van der Waals surface area contributed by atoms with Crippen LogP contribution < -0.4 is 0 Å². The van der Waals surface area contributed by atoms with Crippen molar-refractivity contribution < 1.29 is 4.79 Å². The van der Waals surface area contributed by atoms with Crippen molar-refractivity contribution in [3.8, 4) is 0 Å². The summed E-state index contributed by atoms with van der Waals surface area (Å²) in [7, 11) is 4.00. The summed E-state index contributed by atoms with van der Waals surface area (Å²) in [5, 5.41) is 0. The van der Waals surface area contributed by atoms with Crippen LogP contribution in [0.2, 0.25) is 0 Å². The van der Waals surface area contributed by atoms with Gasteiger partial charge in [0.25, 0.3) is 0 Å². The van der Waals surface area contributed by atoms with E-state index in [-0.39, 0.29) is 18.2 Å². The quantitative estimate of drug-likeness (QED) is 0.782. The zero-order valence-corrected chi connectivity index (χ0v) is 12.1. The number of halogens is 1. The topological polar surface area (TPSA) is 20.3 Å². The van der Waals surface area contributed by atoms with Crippen LogP contribution in [0.5, 0.6) is 0 Å². The highest BCUT2D eigenvalue weighted by molar-refractivity contribution is 5.96. The fraction of sp³-hybridized carbons (Fsp3) is 0.533. The molecule has 0 aliphatic heterocycles. The van der Waals surface area contributed by atoms with Gasteiger partial charge in [0.2, 0.25) is 0 Å². The van der Waals surface area contributed by atoms with E-state index in [1.165, 1.54) is 30.4 Å².